The van der Waals surface area contributed by atoms with Crippen molar-refractivity contribution in [2.45, 2.75) is 10.2 Å². The lowest BCUT2D eigenvalue weighted by molar-refractivity contribution is 0.483. The van der Waals surface area contributed by atoms with E-state index in [2.05, 4.69) is 15.9 Å². The summed E-state index contributed by atoms with van der Waals surface area (Å²) in [5.41, 5.74) is 0.845. The van der Waals surface area contributed by atoms with Crippen molar-refractivity contribution < 1.29 is 13.0 Å². The third-order valence-electron chi connectivity index (χ3n) is 1.43. The van der Waals surface area contributed by atoms with Crippen molar-refractivity contribution >= 4 is 37.6 Å². The normalized spacial score (nSPS) is 11.6. The van der Waals surface area contributed by atoms with Crippen molar-refractivity contribution in [1.29, 1.82) is 0 Å². The van der Waals surface area contributed by atoms with Crippen molar-refractivity contribution in [2.24, 2.45) is 0 Å². The van der Waals surface area contributed by atoms with Gasteiger partial charge in [0, 0.05) is 5.33 Å². The lowest BCUT2D eigenvalue weighted by atomic mass is 10.2. The van der Waals surface area contributed by atoms with E-state index in [-0.39, 0.29) is 9.92 Å². The van der Waals surface area contributed by atoms with E-state index in [1.54, 1.807) is 6.07 Å². The first kappa shape index (κ1) is 11.0. The summed E-state index contributed by atoms with van der Waals surface area (Å²) in [7, 11) is -4.21. The van der Waals surface area contributed by atoms with Crippen LogP contribution in [0.3, 0.4) is 0 Å². The molecule has 0 heterocycles. The fourth-order valence-corrected chi connectivity index (χ4v) is 2.23. The molecule has 0 bridgehead atoms. The molecule has 0 spiro atoms. The second kappa shape index (κ2) is 3.96. The monoisotopic (exact) mass is 284 g/mol. The van der Waals surface area contributed by atoms with Gasteiger partial charge in [-0.15, -0.1) is 0 Å². The molecule has 0 aromatic heterocycles. The molecule has 1 N–H and O–H groups in total. The highest BCUT2D eigenvalue weighted by molar-refractivity contribution is 9.08. The summed E-state index contributed by atoms with van der Waals surface area (Å²) < 4.78 is 30.1. The van der Waals surface area contributed by atoms with Crippen LogP contribution < -0.4 is 0 Å². The lowest BCUT2D eigenvalue weighted by Crippen LogP contribution is -1.99. The third-order valence-corrected chi connectivity index (χ3v) is 3.41. The van der Waals surface area contributed by atoms with Gasteiger partial charge in [-0.25, -0.2) is 0 Å². The number of benzene rings is 1. The van der Waals surface area contributed by atoms with E-state index in [1.165, 1.54) is 12.1 Å². The standard InChI is InChI=1S/C7H6BrClO3S/c8-4-5-1-2-7(6(9)3-5)13(10,11)12/h1-3H,4H2,(H,10,11,12). The quantitative estimate of drug-likeness (QED) is 0.671. The first-order valence-electron chi connectivity index (χ1n) is 3.27. The number of hydrogen-bond donors (Lipinski definition) is 1. The van der Waals surface area contributed by atoms with Crippen molar-refractivity contribution in [1.82, 2.24) is 0 Å². The van der Waals surface area contributed by atoms with Crippen LogP contribution in [0.4, 0.5) is 0 Å². The van der Waals surface area contributed by atoms with Gasteiger partial charge in [0.25, 0.3) is 10.1 Å². The predicted octanol–water partition coefficient (Wildman–Crippen LogP) is 2.48. The highest BCUT2D eigenvalue weighted by Crippen LogP contribution is 2.23. The highest BCUT2D eigenvalue weighted by Gasteiger charge is 2.13. The van der Waals surface area contributed by atoms with Gasteiger partial charge in [0.1, 0.15) is 4.90 Å². The van der Waals surface area contributed by atoms with Crippen LogP contribution in [0.15, 0.2) is 23.1 Å². The molecule has 0 saturated heterocycles. The minimum atomic E-state index is -4.21. The van der Waals surface area contributed by atoms with Crippen LogP contribution in [0, 0.1) is 0 Å². The van der Waals surface area contributed by atoms with Gasteiger partial charge in [0.15, 0.2) is 0 Å². The van der Waals surface area contributed by atoms with Gasteiger partial charge in [0.2, 0.25) is 0 Å². The van der Waals surface area contributed by atoms with Gasteiger partial charge in [-0.1, -0.05) is 33.6 Å². The summed E-state index contributed by atoms with van der Waals surface area (Å²) in [4.78, 5) is -0.265. The minimum absolute atomic E-state index is 0.0273. The van der Waals surface area contributed by atoms with Crippen LogP contribution in [0.2, 0.25) is 5.02 Å². The third kappa shape index (κ3) is 2.67. The first-order chi connectivity index (χ1) is 5.95. The summed E-state index contributed by atoms with van der Waals surface area (Å²) in [5, 5.41) is 0.609. The Morgan fingerprint density at radius 3 is 2.46 bits per heavy atom. The zero-order valence-corrected chi connectivity index (χ0v) is 9.53. The lowest BCUT2D eigenvalue weighted by Gasteiger charge is -2.01. The minimum Gasteiger partial charge on any atom is -0.282 e. The Morgan fingerprint density at radius 1 is 1.46 bits per heavy atom. The van der Waals surface area contributed by atoms with E-state index < -0.39 is 10.1 Å². The zero-order valence-electron chi connectivity index (χ0n) is 6.37. The molecule has 72 valence electrons. The predicted molar refractivity (Wildman–Crippen MR) is 53.9 cm³/mol. The molecule has 0 aliphatic heterocycles. The van der Waals surface area contributed by atoms with Crippen molar-refractivity contribution in [3.63, 3.8) is 0 Å². The molecular formula is C7H6BrClO3S. The number of alkyl halides is 1. The van der Waals surface area contributed by atoms with Crippen LogP contribution in [-0.4, -0.2) is 13.0 Å². The Kier molecular flexibility index (Phi) is 3.34. The SMILES string of the molecule is O=S(=O)(O)c1ccc(CBr)cc1Cl. The Morgan fingerprint density at radius 2 is 2.08 bits per heavy atom. The average molecular weight is 286 g/mol. The van der Waals surface area contributed by atoms with Gasteiger partial charge in [-0.05, 0) is 17.7 Å². The molecule has 6 heteroatoms. The van der Waals surface area contributed by atoms with Crippen LogP contribution in [-0.2, 0) is 15.4 Å². The van der Waals surface area contributed by atoms with Crippen molar-refractivity contribution in [3.8, 4) is 0 Å². The molecule has 0 atom stereocenters. The second-order valence-electron chi connectivity index (χ2n) is 2.37. The second-order valence-corrected chi connectivity index (χ2v) is 4.73. The Balaban J connectivity index is 3.29. The number of hydrogen-bond acceptors (Lipinski definition) is 2. The highest BCUT2D eigenvalue weighted by atomic mass is 79.9. The molecule has 0 aliphatic carbocycles. The zero-order chi connectivity index (χ0) is 10.1. The molecular weight excluding hydrogens is 279 g/mol. The molecule has 0 amide bonds. The summed E-state index contributed by atoms with van der Waals surface area (Å²) in [6.07, 6.45) is 0. The average Bonchev–Trinajstić information content (AvgIpc) is 2.01. The van der Waals surface area contributed by atoms with E-state index in [9.17, 15) is 8.42 Å². The number of halogens is 2. The summed E-state index contributed by atoms with van der Waals surface area (Å²) in [6.45, 7) is 0. The maximum atomic E-state index is 10.7. The maximum absolute atomic E-state index is 10.7. The van der Waals surface area contributed by atoms with Gasteiger partial charge in [0.05, 0.1) is 5.02 Å². The molecule has 0 aliphatic rings. The van der Waals surface area contributed by atoms with Crippen molar-refractivity contribution in [3.05, 3.63) is 28.8 Å². The Labute approximate surface area is 89.6 Å². The van der Waals surface area contributed by atoms with Crippen molar-refractivity contribution in [2.75, 3.05) is 0 Å². The molecule has 3 nitrogen and oxygen atoms in total. The Hall–Kier alpha value is -0.100. The molecule has 0 saturated carbocycles. The van der Waals surface area contributed by atoms with E-state index in [1.807, 2.05) is 0 Å². The Bertz CT molecular complexity index is 416. The van der Waals surface area contributed by atoms with Gasteiger partial charge in [-0.2, -0.15) is 8.42 Å². The molecule has 13 heavy (non-hydrogen) atoms. The van der Waals surface area contributed by atoms with Gasteiger partial charge < -0.3 is 0 Å². The van der Waals surface area contributed by atoms with E-state index >= 15 is 0 Å². The summed E-state index contributed by atoms with van der Waals surface area (Å²) in [6, 6.07) is 4.33. The van der Waals surface area contributed by atoms with Crippen LogP contribution in [0.25, 0.3) is 0 Å². The van der Waals surface area contributed by atoms with E-state index in [4.69, 9.17) is 16.2 Å². The molecule has 0 fully saturated rings. The number of rotatable bonds is 2. The van der Waals surface area contributed by atoms with Crippen LogP contribution in [0.1, 0.15) is 5.56 Å². The van der Waals surface area contributed by atoms with Gasteiger partial charge >= 0.3 is 0 Å². The molecule has 0 radical (unpaired) electrons. The first-order valence-corrected chi connectivity index (χ1v) is 6.21. The molecule has 0 unspecified atom stereocenters. The van der Waals surface area contributed by atoms with E-state index in [0.717, 1.165) is 5.56 Å². The fraction of sp³-hybridized carbons (Fsp3) is 0.143. The van der Waals surface area contributed by atoms with E-state index in [0.29, 0.717) is 5.33 Å². The molecule has 1 rings (SSSR count). The summed E-state index contributed by atoms with van der Waals surface area (Å²) in [5.74, 6) is 0. The van der Waals surface area contributed by atoms with Crippen LogP contribution >= 0.6 is 27.5 Å². The smallest absolute Gasteiger partial charge is 0.282 e. The largest absolute Gasteiger partial charge is 0.296 e. The topological polar surface area (TPSA) is 54.4 Å². The molecule has 1 aromatic rings. The van der Waals surface area contributed by atoms with Crippen LogP contribution in [0.5, 0.6) is 0 Å². The fourth-order valence-electron chi connectivity index (χ4n) is 0.837. The maximum Gasteiger partial charge on any atom is 0.296 e. The molecule has 1 aromatic carbocycles. The van der Waals surface area contributed by atoms with Gasteiger partial charge in [-0.3, -0.25) is 4.55 Å². The summed E-state index contributed by atoms with van der Waals surface area (Å²) >= 11 is 8.83.